The van der Waals surface area contributed by atoms with Gasteiger partial charge in [-0.3, -0.25) is 4.79 Å². The zero-order valence-corrected chi connectivity index (χ0v) is 14.7. The Morgan fingerprint density at radius 3 is 2.40 bits per heavy atom. The minimum atomic E-state index is -0.116. The molecule has 0 spiro atoms. The molecule has 0 saturated carbocycles. The van der Waals surface area contributed by atoms with Gasteiger partial charge in [0.25, 0.3) is 0 Å². The van der Waals surface area contributed by atoms with Gasteiger partial charge >= 0.3 is 0 Å². The first-order valence-corrected chi connectivity index (χ1v) is 8.79. The van der Waals surface area contributed by atoms with Crippen LogP contribution in [-0.2, 0) is 4.79 Å². The predicted molar refractivity (Wildman–Crippen MR) is 103 cm³/mol. The fourth-order valence-corrected chi connectivity index (χ4v) is 3.65. The van der Waals surface area contributed by atoms with Gasteiger partial charge in [-0.05, 0) is 42.7 Å². The van der Waals surface area contributed by atoms with E-state index in [1.807, 2.05) is 26.2 Å². The Morgan fingerprint density at radius 1 is 0.960 bits per heavy atom. The van der Waals surface area contributed by atoms with Crippen LogP contribution in [0.1, 0.15) is 30.9 Å². The van der Waals surface area contributed by atoms with E-state index in [0.29, 0.717) is 6.42 Å². The van der Waals surface area contributed by atoms with Crippen LogP contribution in [-0.4, -0.2) is 19.9 Å². The van der Waals surface area contributed by atoms with Gasteiger partial charge in [0.05, 0.1) is 17.4 Å². The Hall–Kier alpha value is -2.75. The highest BCUT2D eigenvalue weighted by Crippen LogP contribution is 2.40. The second-order valence-electron chi connectivity index (χ2n) is 6.90. The van der Waals surface area contributed by atoms with Crippen molar-refractivity contribution in [2.24, 2.45) is 0 Å². The SMILES string of the molecule is CN(C)c1ccc([C@H]2Nc3ccccc3NC3=C2C(=O)CCC3)cc1. The monoisotopic (exact) mass is 333 g/mol. The zero-order chi connectivity index (χ0) is 17.4. The molecule has 25 heavy (non-hydrogen) atoms. The van der Waals surface area contributed by atoms with Crippen LogP contribution in [0.3, 0.4) is 0 Å². The predicted octanol–water partition coefficient (Wildman–Crippen LogP) is 4.34. The number of rotatable bonds is 2. The first-order valence-electron chi connectivity index (χ1n) is 8.79. The van der Waals surface area contributed by atoms with Gasteiger partial charge in [-0.25, -0.2) is 0 Å². The van der Waals surface area contributed by atoms with E-state index in [1.54, 1.807) is 0 Å². The van der Waals surface area contributed by atoms with Crippen LogP contribution in [0, 0.1) is 0 Å². The summed E-state index contributed by atoms with van der Waals surface area (Å²) >= 11 is 0. The number of benzene rings is 2. The highest BCUT2D eigenvalue weighted by molar-refractivity contribution is 6.00. The van der Waals surface area contributed by atoms with Crippen molar-refractivity contribution < 1.29 is 4.79 Å². The van der Waals surface area contributed by atoms with Crippen molar-refractivity contribution in [3.63, 3.8) is 0 Å². The number of nitrogens with one attached hydrogen (secondary N) is 2. The smallest absolute Gasteiger partial charge is 0.163 e. The van der Waals surface area contributed by atoms with Gasteiger partial charge in [0.1, 0.15) is 0 Å². The number of fused-ring (bicyclic) bond motifs is 1. The summed E-state index contributed by atoms with van der Waals surface area (Å²) in [5.74, 6) is 0.246. The zero-order valence-electron chi connectivity index (χ0n) is 14.7. The number of ketones is 1. The van der Waals surface area contributed by atoms with E-state index in [9.17, 15) is 4.79 Å². The molecule has 0 unspecified atom stereocenters. The molecule has 0 aromatic heterocycles. The Bertz CT molecular complexity index is 836. The van der Waals surface area contributed by atoms with Gasteiger partial charge < -0.3 is 15.5 Å². The summed E-state index contributed by atoms with van der Waals surface area (Å²) in [7, 11) is 4.06. The van der Waals surface area contributed by atoms with Gasteiger partial charge in [-0.15, -0.1) is 0 Å². The number of Topliss-reactive ketones (excluding diaryl/α,β-unsaturated/α-hetero) is 1. The van der Waals surface area contributed by atoms with Crippen LogP contribution in [0.2, 0.25) is 0 Å². The molecule has 128 valence electrons. The lowest BCUT2D eigenvalue weighted by Crippen LogP contribution is -2.23. The van der Waals surface area contributed by atoms with Crippen LogP contribution >= 0.6 is 0 Å². The minimum absolute atomic E-state index is 0.116. The largest absolute Gasteiger partial charge is 0.378 e. The normalized spacial score (nSPS) is 19.3. The Morgan fingerprint density at radius 2 is 1.68 bits per heavy atom. The lowest BCUT2D eigenvalue weighted by molar-refractivity contribution is -0.116. The molecule has 2 aliphatic rings. The highest BCUT2D eigenvalue weighted by Gasteiger charge is 2.31. The van der Waals surface area contributed by atoms with Crippen LogP contribution in [0.4, 0.5) is 17.1 Å². The molecule has 0 fully saturated rings. The topological polar surface area (TPSA) is 44.4 Å². The van der Waals surface area contributed by atoms with Gasteiger partial charge in [-0.1, -0.05) is 24.3 Å². The van der Waals surface area contributed by atoms with E-state index in [1.165, 1.54) is 0 Å². The molecule has 4 nitrogen and oxygen atoms in total. The third-order valence-electron chi connectivity index (χ3n) is 5.00. The Labute approximate surface area is 148 Å². The van der Waals surface area contributed by atoms with E-state index >= 15 is 0 Å². The average molecular weight is 333 g/mol. The van der Waals surface area contributed by atoms with Crippen molar-refractivity contribution in [2.45, 2.75) is 25.3 Å². The van der Waals surface area contributed by atoms with Crippen LogP contribution < -0.4 is 15.5 Å². The molecule has 1 aliphatic carbocycles. The number of hydrogen-bond acceptors (Lipinski definition) is 4. The van der Waals surface area contributed by atoms with E-state index in [2.05, 4.69) is 51.9 Å². The molecule has 0 saturated heterocycles. The first-order chi connectivity index (χ1) is 12.1. The molecule has 0 bridgehead atoms. The molecule has 2 N–H and O–H groups in total. The molecular weight excluding hydrogens is 310 g/mol. The van der Waals surface area contributed by atoms with Crippen LogP contribution in [0.5, 0.6) is 0 Å². The quantitative estimate of drug-likeness (QED) is 0.858. The fourth-order valence-electron chi connectivity index (χ4n) is 3.65. The molecule has 4 rings (SSSR count). The van der Waals surface area contributed by atoms with Crippen molar-refractivity contribution in [3.8, 4) is 0 Å². The maximum atomic E-state index is 12.7. The molecule has 1 aliphatic heterocycles. The number of allylic oxidation sites excluding steroid dienone is 1. The highest BCUT2D eigenvalue weighted by atomic mass is 16.1. The maximum absolute atomic E-state index is 12.7. The molecular formula is C21H23N3O. The number of nitrogens with zero attached hydrogens (tertiary/aromatic N) is 1. The maximum Gasteiger partial charge on any atom is 0.163 e. The van der Waals surface area contributed by atoms with Gasteiger partial charge in [-0.2, -0.15) is 0 Å². The molecule has 1 atom stereocenters. The van der Waals surface area contributed by atoms with Crippen molar-refractivity contribution >= 4 is 22.8 Å². The molecule has 2 aromatic carbocycles. The van der Waals surface area contributed by atoms with E-state index in [0.717, 1.165) is 46.7 Å². The number of anilines is 3. The minimum Gasteiger partial charge on any atom is -0.378 e. The second kappa shape index (κ2) is 6.28. The summed E-state index contributed by atoms with van der Waals surface area (Å²) in [6, 6.07) is 16.5. The molecule has 2 aromatic rings. The number of carbonyl (C=O) groups is 1. The third kappa shape index (κ3) is 2.88. The number of para-hydroxylation sites is 2. The molecule has 4 heteroatoms. The number of hydrogen-bond donors (Lipinski definition) is 2. The van der Waals surface area contributed by atoms with E-state index in [-0.39, 0.29) is 11.8 Å². The molecule has 0 radical (unpaired) electrons. The summed E-state index contributed by atoms with van der Waals surface area (Å²) in [5, 5.41) is 7.11. The standard InChI is InChI=1S/C21H23N3O/c1-24(2)15-12-10-14(11-13-15)21-20-18(8-5-9-19(20)25)22-16-6-3-4-7-17(16)23-21/h3-4,6-7,10-13,21-23H,5,8-9H2,1-2H3/t21-/m1/s1. The summed E-state index contributed by atoms with van der Waals surface area (Å²) in [6.45, 7) is 0. The summed E-state index contributed by atoms with van der Waals surface area (Å²) in [6.07, 6.45) is 2.47. The van der Waals surface area contributed by atoms with Crippen LogP contribution in [0.25, 0.3) is 0 Å². The summed E-state index contributed by atoms with van der Waals surface area (Å²) < 4.78 is 0. The molecule has 0 amide bonds. The van der Waals surface area contributed by atoms with Crippen molar-refractivity contribution in [2.75, 3.05) is 29.6 Å². The number of carbonyl (C=O) groups excluding carboxylic acids is 1. The van der Waals surface area contributed by atoms with Gasteiger partial charge in [0.2, 0.25) is 0 Å². The molecule has 1 heterocycles. The van der Waals surface area contributed by atoms with E-state index < -0.39 is 0 Å². The third-order valence-corrected chi connectivity index (χ3v) is 5.00. The summed E-state index contributed by atoms with van der Waals surface area (Å²) in [4.78, 5) is 14.8. The average Bonchev–Trinajstić information content (AvgIpc) is 2.79. The van der Waals surface area contributed by atoms with Crippen molar-refractivity contribution in [1.82, 2.24) is 0 Å². The first kappa shape index (κ1) is 15.8. The van der Waals surface area contributed by atoms with Crippen LogP contribution in [0.15, 0.2) is 59.8 Å². The summed E-state index contributed by atoms with van der Waals surface area (Å²) in [5.41, 5.74) is 6.30. The van der Waals surface area contributed by atoms with Gasteiger partial charge in [0.15, 0.2) is 5.78 Å². The second-order valence-corrected chi connectivity index (χ2v) is 6.90. The lowest BCUT2D eigenvalue weighted by atomic mass is 9.86. The van der Waals surface area contributed by atoms with Gasteiger partial charge in [0, 0.05) is 37.5 Å². The van der Waals surface area contributed by atoms with Crippen molar-refractivity contribution in [3.05, 3.63) is 65.4 Å². The Balaban J connectivity index is 1.81. The lowest BCUT2D eigenvalue weighted by Gasteiger charge is -2.26. The van der Waals surface area contributed by atoms with Crippen molar-refractivity contribution in [1.29, 1.82) is 0 Å². The van der Waals surface area contributed by atoms with E-state index in [4.69, 9.17) is 0 Å². The fraction of sp³-hybridized carbons (Fsp3) is 0.286. The Kier molecular flexibility index (Phi) is 3.96.